The molecular formula is C20H26N2O4. The van der Waals surface area contributed by atoms with Crippen molar-refractivity contribution in [3.63, 3.8) is 0 Å². The molecule has 0 aliphatic carbocycles. The number of furan rings is 1. The third kappa shape index (κ3) is 4.86. The molecule has 0 bridgehead atoms. The van der Waals surface area contributed by atoms with E-state index in [-0.39, 0.29) is 18.1 Å². The third-order valence-electron chi connectivity index (χ3n) is 4.51. The SMILES string of the molecule is CN(C)C(CNC(=O)c1cccc(OCC2CCCO2)c1)c1ccco1. The predicted octanol–water partition coefficient (Wildman–Crippen LogP) is 2.87. The number of carbonyl (C=O) groups excluding carboxylic acids is 1. The summed E-state index contributed by atoms with van der Waals surface area (Å²) in [5.74, 6) is 1.37. The molecule has 6 heteroatoms. The quantitative estimate of drug-likeness (QED) is 0.786. The molecule has 1 N–H and O–H groups in total. The van der Waals surface area contributed by atoms with Gasteiger partial charge < -0.3 is 19.2 Å². The molecule has 3 rings (SSSR count). The van der Waals surface area contributed by atoms with Crippen LogP contribution in [-0.2, 0) is 4.74 Å². The highest BCUT2D eigenvalue weighted by Gasteiger charge is 2.19. The summed E-state index contributed by atoms with van der Waals surface area (Å²) in [5, 5.41) is 2.97. The smallest absolute Gasteiger partial charge is 0.251 e. The fourth-order valence-electron chi connectivity index (χ4n) is 3.00. The summed E-state index contributed by atoms with van der Waals surface area (Å²) in [4.78, 5) is 14.5. The molecule has 1 fully saturated rings. The zero-order chi connectivity index (χ0) is 18.4. The lowest BCUT2D eigenvalue weighted by molar-refractivity contribution is 0.0679. The van der Waals surface area contributed by atoms with Gasteiger partial charge in [0.1, 0.15) is 18.1 Å². The maximum absolute atomic E-state index is 12.5. The van der Waals surface area contributed by atoms with Crippen LogP contribution in [0.4, 0.5) is 0 Å². The Morgan fingerprint density at radius 2 is 2.23 bits per heavy atom. The number of carbonyl (C=O) groups is 1. The van der Waals surface area contributed by atoms with Crippen molar-refractivity contribution in [1.82, 2.24) is 10.2 Å². The minimum absolute atomic E-state index is 0.0205. The van der Waals surface area contributed by atoms with Gasteiger partial charge in [-0.25, -0.2) is 0 Å². The minimum Gasteiger partial charge on any atom is -0.491 e. The number of likely N-dealkylation sites (N-methyl/N-ethyl adjacent to an activating group) is 1. The molecule has 2 aromatic rings. The van der Waals surface area contributed by atoms with Crippen LogP contribution in [0, 0.1) is 0 Å². The fourth-order valence-corrected chi connectivity index (χ4v) is 3.00. The van der Waals surface area contributed by atoms with Crippen LogP contribution in [0.2, 0.25) is 0 Å². The predicted molar refractivity (Wildman–Crippen MR) is 98.4 cm³/mol. The lowest BCUT2D eigenvalue weighted by atomic mass is 10.1. The van der Waals surface area contributed by atoms with E-state index in [0.29, 0.717) is 24.5 Å². The van der Waals surface area contributed by atoms with E-state index in [2.05, 4.69) is 5.32 Å². The summed E-state index contributed by atoms with van der Waals surface area (Å²) < 4.78 is 16.8. The van der Waals surface area contributed by atoms with Crippen LogP contribution in [0.15, 0.2) is 47.1 Å². The van der Waals surface area contributed by atoms with Crippen molar-refractivity contribution in [2.24, 2.45) is 0 Å². The van der Waals surface area contributed by atoms with Gasteiger partial charge in [-0.3, -0.25) is 9.69 Å². The van der Waals surface area contributed by atoms with E-state index in [0.717, 1.165) is 25.2 Å². The van der Waals surface area contributed by atoms with Gasteiger partial charge in [-0.15, -0.1) is 0 Å². The summed E-state index contributed by atoms with van der Waals surface area (Å²) in [6, 6.07) is 11.0. The van der Waals surface area contributed by atoms with Crippen molar-refractivity contribution in [2.75, 3.05) is 33.9 Å². The van der Waals surface area contributed by atoms with Crippen LogP contribution >= 0.6 is 0 Å². The molecule has 2 heterocycles. The van der Waals surface area contributed by atoms with Crippen molar-refractivity contribution < 1.29 is 18.7 Å². The number of nitrogens with zero attached hydrogens (tertiary/aromatic N) is 1. The zero-order valence-corrected chi connectivity index (χ0v) is 15.3. The number of nitrogens with one attached hydrogen (secondary N) is 1. The zero-order valence-electron chi connectivity index (χ0n) is 15.3. The molecule has 1 aliphatic heterocycles. The first-order valence-electron chi connectivity index (χ1n) is 8.96. The van der Waals surface area contributed by atoms with Gasteiger partial charge in [-0.2, -0.15) is 0 Å². The monoisotopic (exact) mass is 358 g/mol. The molecule has 140 valence electrons. The van der Waals surface area contributed by atoms with Crippen molar-refractivity contribution in [2.45, 2.75) is 25.0 Å². The van der Waals surface area contributed by atoms with E-state index >= 15 is 0 Å². The summed E-state index contributed by atoms with van der Waals surface area (Å²) in [6.07, 6.45) is 3.90. The summed E-state index contributed by atoms with van der Waals surface area (Å²) in [7, 11) is 3.91. The van der Waals surface area contributed by atoms with Crippen LogP contribution < -0.4 is 10.1 Å². The average Bonchev–Trinajstić information content (AvgIpc) is 3.34. The summed E-state index contributed by atoms with van der Waals surface area (Å²) in [6.45, 7) is 1.78. The molecule has 2 unspecified atom stereocenters. The molecule has 1 aliphatic rings. The summed E-state index contributed by atoms with van der Waals surface area (Å²) >= 11 is 0. The third-order valence-corrected chi connectivity index (χ3v) is 4.51. The second kappa shape index (κ2) is 8.87. The van der Waals surface area contributed by atoms with Gasteiger partial charge in [-0.05, 0) is 57.3 Å². The molecule has 1 aromatic carbocycles. The van der Waals surface area contributed by atoms with Gasteiger partial charge in [0, 0.05) is 18.7 Å². The molecule has 1 saturated heterocycles. The average molecular weight is 358 g/mol. The molecule has 1 aromatic heterocycles. The van der Waals surface area contributed by atoms with Gasteiger partial charge in [0.25, 0.3) is 5.91 Å². The van der Waals surface area contributed by atoms with E-state index in [1.165, 1.54) is 0 Å². The molecule has 26 heavy (non-hydrogen) atoms. The lowest BCUT2D eigenvalue weighted by Gasteiger charge is -2.22. The Bertz CT molecular complexity index is 694. The Morgan fingerprint density at radius 3 is 2.92 bits per heavy atom. The second-order valence-corrected chi connectivity index (χ2v) is 6.68. The number of ether oxygens (including phenoxy) is 2. The maximum atomic E-state index is 12.5. The Hall–Kier alpha value is -2.31. The second-order valence-electron chi connectivity index (χ2n) is 6.68. The Kier molecular flexibility index (Phi) is 6.30. The number of rotatable bonds is 8. The topological polar surface area (TPSA) is 63.9 Å². The van der Waals surface area contributed by atoms with Crippen LogP contribution in [0.1, 0.15) is 35.0 Å². The molecule has 0 saturated carbocycles. The molecule has 6 nitrogen and oxygen atoms in total. The molecule has 0 spiro atoms. The van der Waals surface area contributed by atoms with E-state index in [1.807, 2.05) is 43.3 Å². The normalized spacial score (nSPS) is 18.0. The van der Waals surface area contributed by atoms with Gasteiger partial charge in [0.15, 0.2) is 0 Å². The van der Waals surface area contributed by atoms with E-state index in [1.54, 1.807) is 18.4 Å². The van der Waals surface area contributed by atoms with Gasteiger partial charge >= 0.3 is 0 Å². The largest absolute Gasteiger partial charge is 0.491 e. The Balaban J connectivity index is 1.56. The van der Waals surface area contributed by atoms with Crippen molar-refractivity contribution in [1.29, 1.82) is 0 Å². The van der Waals surface area contributed by atoms with E-state index < -0.39 is 0 Å². The first kappa shape index (κ1) is 18.5. The standard InChI is InChI=1S/C20H26N2O4/c1-22(2)18(19-9-5-11-25-19)13-21-20(23)15-6-3-7-16(12-15)26-14-17-8-4-10-24-17/h3,5-7,9,11-12,17-18H,4,8,10,13-14H2,1-2H3,(H,21,23). The first-order chi connectivity index (χ1) is 12.6. The van der Waals surface area contributed by atoms with Crippen LogP contribution in [-0.4, -0.2) is 50.8 Å². The van der Waals surface area contributed by atoms with Crippen molar-refractivity contribution in [3.8, 4) is 5.75 Å². The first-order valence-corrected chi connectivity index (χ1v) is 8.96. The fraction of sp³-hybridized carbons (Fsp3) is 0.450. The molecule has 0 radical (unpaired) electrons. The maximum Gasteiger partial charge on any atom is 0.251 e. The number of hydrogen-bond acceptors (Lipinski definition) is 5. The highest BCUT2D eigenvalue weighted by atomic mass is 16.5. The number of hydrogen-bond donors (Lipinski definition) is 1. The van der Waals surface area contributed by atoms with Crippen molar-refractivity contribution >= 4 is 5.91 Å². The number of benzene rings is 1. The van der Waals surface area contributed by atoms with Gasteiger partial charge in [-0.1, -0.05) is 6.07 Å². The van der Waals surface area contributed by atoms with Gasteiger partial charge in [0.05, 0.1) is 18.4 Å². The Labute approximate surface area is 154 Å². The van der Waals surface area contributed by atoms with Crippen LogP contribution in [0.25, 0.3) is 0 Å². The molecule has 1 amide bonds. The number of amides is 1. The van der Waals surface area contributed by atoms with Gasteiger partial charge in [0.2, 0.25) is 0 Å². The highest BCUT2D eigenvalue weighted by Crippen LogP contribution is 2.19. The minimum atomic E-state index is -0.133. The molecular weight excluding hydrogens is 332 g/mol. The highest BCUT2D eigenvalue weighted by molar-refractivity contribution is 5.94. The van der Waals surface area contributed by atoms with E-state index in [9.17, 15) is 4.79 Å². The summed E-state index contributed by atoms with van der Waals surface area (Å²) in [5.41, 5.74) is 0.576. The van der Waals surface area contributed by atoms with Crippen LogP contribution in [0.5, 0.6) is 5.75 Å². The van der Waals surface area contributed by atoms with Crippen LogP contribution in [0.3, 0.4) is 0 Å². The lowest BCUT2D eigenvalue weighted by Crippen LogP contribution is -2.34. The van der Waals surface area contributed by atoms with E-state index in [4.69, 9.17) is 13.9 Å². The molecule has 2 atom stereocenters. The van der Waals surface area contributed by atoms with Crippen molar-refractivity contribution in [3.05, 3.63) is 54.0 Å². The Morgan fingerprint density at radius 1 is 1.35 bits per heavy atom.